The lowest BCUT2D eigenvalue weighted by atomic mass is 10.0. The Balaban J connectivity index is 0.00000380. The molecule has 37 heavy (non-hydrogen) atoms. The zero-order valence-corrected chi connectivity index (χ0v) is 21.6. The molecule has 0 aliphatic carbocycles. The van der Waals surface area contributed by atoms with Crippen LogP contribution in [0.2, 0.25) is 0 Å². The van der Waals surface area contributed by atoms with E-state index in [0.717, 1.165) is 10.6 Å². The highest BCUT2D eigenvalue weighted by atomic mass is 79.9. The molecule has 1 unspecified atom stereocenters. The second kappa shape index (κ2) is 12.5. The Labute approximate surface area is 224 Å². The van der Waals surface area contributed by atoms with Crippen molar-refractivity contribution < 1.29 is 35.9 Å². The van der Waals surface area contributed by atoms with Gasteiger partial charge in [0.25, 0.3) is 11.8 Å². The van der Waals surface area contributed by atoms with Gasteiger partial charge in [0.2, 0.25) is 6.54 Å². The Hall–Kier alpha value is -4.38. The number of aryl methyl sites for hydroxylation is 1. The van der Waals surface area contributed by atoms with Crippen molar-refractivity contribution >= 4 is 40.6 Å². The molecule has 3 amide bonds. The van der Waals surface area contributed by atoms with Gasteiger partial charge >= 0.3 is 5.91 Å². The second-order valence-electron chi connectivity index (χ2n) is 7.99. The van der Waals surface area contributed by atoms with E-state index >= 15 is 0 Å². The molecule has 0 bridgehead atoms. The molecule has 4 N–H and O–H groups in total. The SMILES string of the molecule is CCc1ccccc1NC(=O)/C(=N/NC(=O)C[n+]1ccccc1)C1C(=O)N(c2ccccc2)N=C1N.[Br-]. The molecule has 3 aromatic rings. The number of para-hydroxylation sites is 2. The Morgan fingerprint density at radius 1 is 1.03 bits per heavy atom. The van der Waals surface area contributed by atoms with Crippen molar-refractivity contribution in [1.29, 1.82) is 0 Å². The number of aromatic nitrogens is 1. The first kappa shape index (κ1) is 27.2. The minimum atomic E-state index is -1.27. The van der Waals surface area contributed by atoms with Crippen molar-refractivity contribution in [3.63, 3.8) is 0 Å². The summed E-state index contributed by atoms with van der Waals surface area (Å²) in [5.41, 5.74) is 10.2. The lowest BCUT2D eigenvalue weighted by Crippen LogP contribution is -3.00. The van der Waals surface area contributed by atoms with Gasteiger partial charge in [0.1, 0.15) is 17.5 Å². The van der Waals surface area contributed by atoms with Crippen LogP contribution in [0.5, 0.6) is 0 Å². The first-order valence-corrected chi connectivity index (χ1v) is 11.4. The predicted molar refractivity (Wildman–Crippen MR) is 136 cm³/mol. The molecule has 11 heteroatoms. The summed E-state index contributed by atoms with van der Waals surface area (Å²) in [6.45, 7) is 1.93. The number of hydrogen-bond donors (Lipinski definition) is 3. The van der Waals surface area contributed by atoms with Crippen LogP contribution in [0, 0.1) is 5.92 Å². The Morgan fingerprint density at radius 2 is 1.68 bits per heavy atom. The van der Waals surface area contributed by atoms with E-state index in [2.05, 4.69) is 20.9 Å². The van der Waals surface area contributed by atoms with Gasteiger partial charge in [-0.05, 0) is 30.2 Å². The van der Waals surface area contributed by atoms with Crippen LogP contribution in [-0.4, -0.2) is 29.3 Å². The average Bonchev–Trinajstić information content (AvgIpc) is 3.19. The third-order valence-electron chi connectivity index (χ3n) is 5.52. The molecule has 0 spiro atoms. The molecule has 1 aliphatic heterocycles. The van der Waals surface area contributed by atoms with E-state index in [0.29, 0.717) is 17.8 Å². The van der Waals surface area contributed by atoms with Crippen LogP contribution in [-0.2, 0) is 27.3 Å². The molecule has 1 aromatic heterocycles. The molecule has 2 heterocycles. The van der Waals surface area contributed by atoms with Crippen LogP contribution < -0.4 is 43.0 Å². The van der Waals surface area contributed by atoms with Crippen molar-refractivity contribution in [2.24, 2.45) is 21.9 Å². The number of anilines is 2. The van der Waals surface area contributed by atoms with Gasteiger partial charge in [-0.15, -0.1) is 0 Å². The van der Waals surface area contributed by atoms with E-state index in [1.807, 2.05) is 25.1 Å². The first-order valence-electron chi connectivity index (χ1n) is 11.4. The monoisotopic (exact) mass is 563 g/mol. The standard InChI is InChI=1S/C26H25N7O3.BrH/c1-2-18-11-7-8-14-20(18)28-25(35)23(30-29-21(34)17-32-15-9-4-10-16-32)22-24(27)31-33(26(22)36)19-12-5-3-6-13-19;/h3-16,22H,2,17H2,1H3,(H3-,27,28,29,31,34,35);1H. The number of amides is 3. The van der Waals surface area contributed by atoms with Crippen molar-refractivity contribution in [2.45, 2.75) is 19.9 Å². The van der Waals surface area contributed by atoms with E-state index in [4.69, 9.17) is 5.73 Å². The van der Waals surface area contributed by atoms with Gasteiger partial charge in [-0.2, -0.15) is 19.8 Å². The Bertz CT molecular complexity index is 1330. The maximum absolute atomic E-state index is 13.4. The molecule has 2 aromatic carbocycles. The summed E-state index contributed by atoms with van der Waals surface area (Å²) in [6.07, 6.45) is 4.13. The maximum Gasteiger partial charge on any atom is 0.305 e. The lowest BCUT2D eigenvalue weighted by molar-refractivity contribution is -0.684. The second-order valence-corrected chi connectivity index (χ2v) is 7.99. The van der Waals surface area contributed by atoms with Gasteiger partial charge in [-0.3, -0.25) is 14.4 Å². The number of rotatable bonds is 8. The third kappa shape index (κ3) is 6.44. The summed E-state index contributed by atoms with van der Waals surface area (Å²) in [5, 5.41) is 12.2. The van der Waals surface area contributed by atoms with E-state index in [1.165, 1.54) is 0 Å². The number of benzene rings is 2. The largest absolute Gasteiger partial charge is 1.00 e. The molecule has 0 saturated heterocycles. The van der Waals surface area contributed by atoms with Crippen LogP contribution in [0.4, 0.5) is 11.4 Å². The van der Waals surface area contributed by atoms with E-state index in [1.54, 1.807) is 71.6 Å². The van der Waals surface area contributed by atoms with Gasteiger partial charge in [-0.1, -0.05) is 49.4 Å². The van der Waals surface area contributed by atoms with Crippen LogP contribution in [0.15, 0.2) is 95.4 Å². The normalized spacial score (nSPS) is 15.0. The number of nitrogens with two attached hydrogens (primary N) is 1. The van der Waals surface area contributed by atoms with Crippen molar-refractivity contribution in [2.75, 3.05) is 10.3 Å². The fraction of sp³-hybridized carbons (Fsp3) is 0.154. The van der Waals surface area contributed by atoms with Gasteiger partial charge < -0.3 is 28.0 Å². The maximum atomic E-state index is 13.4. The highest BCUT2D eigenvalue weighted by Gasteiger charge is 2.42. The van der Waals surface area contributed by atoms with Crippen LogP contribution >= 0.6 is 0 Å². The smallest absolute Gasteiger partial charge is 0.305 e. The number of carbonyl (C=O) groups excluding carboxylic acids is 3. The van der Waals surface area contributed by atoms with Crippen LogP contribution in [0.1, 0.15) is 12.5 Å². The molecule has 0 saturated carbocycles. The van der Waals surface area contributed by atoms with Crippen molar-refractivity contribution in [1.82, 2.24) is 5.43 Å². The zero-order valence-electron chi connectivity index (χ0n) is 20.0. The number of hydrazone groups is 2. The highest BCUT2D eigenvalue weighted by Crippen LogP contribution is 2.24. The van der Waals surface area contributed by atoms with Crippen LogP contribution in [0.3, 0.4) is 0 Å². The molecule has 10 nitrogen and oxygen atoms in total. The number of nitrogens with one attached hydrogen (secondary N) is 2. The summed E-state index contributed by atoms with van der Waals surface area (Å²) in [5.74, 6) is -3.08. The number of hydrogen-bond acceptors (Lipinski definition) is 6. The number of nitrogens with zero attached hydrogens (tertiary/aromatic N) is 4. The Kier molecular flexibility index (Phi) is 9.22. The lowest BCUT2D eigenvalue weighted by Gasteiger charge is -2.16. The molecular formula is C26H26BrN7O3. The molecule has 1 atom stereocenters. The third-order valence-corrected chi connectivity index (χ3v) is 5.52. The summed E-state index contributed by atoms with van der Waals surface area (Å²) < 4.78 is 1.65. The molecule has 1 aliphatic rings. The quantitative estimate of drug-likeness (QED) is 0.176. The van der Waals surface area contributed by atoms with E-state index in [9.17, 15) is 14.4 Å². The van der Waals surface area contributed by atoms with Crippen molar-refractivity contribution in [3.05, 3.63) is 90.8 Å². The topological polar surface area (TPSA) is 133 Å². The molecule has 0 radical (unpaired) electrons. The molecule has 4 rings (SSSR count). The minimum Gasteiger partial charge on any atom is -1.00 e. The van der Waals surface area contributed by atoms with Gasteiger partial charge in [0.15, 0.2) is 12.4 Å². The number of amidine groups is 1. The zero-order chi connectivity index (χ0) is 25.5. The number of halogens is 1. The summed E-state index contributed by atoms with van der Waals surface area (Å²) >= 11 is 0. The summed E-state index contributed by atoms with van der Waals surface area (Å²) in [7, 11) is 0. The average molecular weight is 564 g/mol. The van der Waals surface area contributed by atoms with Crippen molar-refractivity contribution in [3.8, 4) is 0 Å². The molecule has 0 fully saturated rings. The van der Waals surface area contributed by atoms with Gasteiger partial charge in [0, 0.05) is 17.8 Å². The first-order chi connectivity index (χ1) is 17.5. The molecule has 190 valence electrons. The van der Waals surface area contributed by atoms with E-state index < -0.39 is 23.6 Å². The number of pyridine rings is 1. The fourth-order valence-corrected chi connectivity index (χ4v) is 3.73. The van der Waals surface area contributed by atoms with E-state index in [-0.39, 0.29) is 35.1 Å². The summed E-state index contributed by atoms with van der Waals surface area (Å²) in [6, 6.07) is 21.4. The number of carbonyl (C=O) groups is 3. The minimum absolute atomic E-state index is 0. The summed E-state index contributed by atoms with van der Waals surface area (Å²) in [4.78, 5) is 39.3. The highest BCUT2D eigenvalue weighted by molar-refractivity contribution is 6.52. The Morgan fingerprint density at radius 3 is 2.38 bits per heavy atom. The fourth-order valence-electron chi connectivity index (χ4n) is 3.73. The van der Waals surface area contributed by atoms with Gasteiger partial charge in [-0.25, -0.2) is 5.43 Å². The van der Waals surface area contributed by atoms with Crippen LogP contribution in [0.25, 0.3) is 0 Å². The predicted octanol–water partition coefficient (Wildman–Crippen LogP) is -1.41. The van der Waals surface area contributed by atoms with Gasteiger partial charge in [0.05, 0.1) is 5.69 Å². The molecular weight excluding hydrogens is 538 g/mol.